The van der Waals surface area contributed by atoms with Gasteiger partial charge in [-0.15, -0.1) is 0 Å². The fraction of sp³-hybridized carbons (Fsp3) is 1.00. The van der Waals surface area contributed by atoms with Crippen LogP contribution in [0.25, 0.3) is 0 Å². The molecule has 3 rings (SSSR count). The summed E-state index contributed by atoms with van der Waals surface area (Å²) in [5.41, 5.74) is 0. The maximum Gasteiger partial charge on any atom is 0.282 e. The Labute approximate surface area is 129 Å². The van der Waals surface area contributed by atoms with Gasteiger partial charge in [0.15, 0.2) is 0 Å². The van der Waals surface area contributed by atoms with Crippen molar-refractivity contribution in [2.75, 3.05) is 26.2 Å². The molecule has 0 amide bonds. The van der Waals surface area contributed by atoms with Gasteiger partial charge in [0.2, 0.25) is 0 Å². The zero-order chi connectivity index (χ0) is 14.9. The molecule has 2 atom stereocenters. The van der Waals surface area contributed by atoms with Gasteiger partial charge in [-0.05, 0) is 51.0 Å². The van der Waals surface area contributed by atoms with E-state index < -0.39 is 10.2 Å². The minimum atomic E-state index is -3.27. The predicted octanol–water partition coefficient (Wildman–Crippen LogP) is 1.57. The van der Waals surface area contributed by atoms with E-state index in [1.807, 2.05) is 4.31 Å². The summed E-state index contributed by atoms with van der Waals surface area (Å²) in [6.07, 6.45) is 7.77. The van der Waals surface area contributed by atoms with Gasteiger partial charge >= 0.3 is 0 Å². The lowest BCUT2D eigenvalue weighted by Gasteiger charge is -2.36. The predicted molar refractivity (Wildman–Crippen MR) is 84.3 cm³/mol. The Morgan fingerprint density at radius 3 is 2.57 bits per heavy atom. The fourth-order valence-electron chi connectivity index (χ4n) is 3.60. The number of nitrogens with zero attached hydrogens (tertiary/aromatic N) is 2. The van der Waals surface area contributed by atoms with Gasteiger partial charge in [-0.2, -0.15) is 17.0 Å². The van der Waals surface area contributed by atoms with E-state index in [4.69, 9.17) is 0 Å². The topological polar surface area (TPSA) is 52.7 Å². The van der Waals surface area contributed by atoms with Crippen LogP contribution >= 0.6 is 0 Å². The summed E-state index contributed by atoms with van der Waals surface area (Å²) < 4.78 is 29.6. The van der Waals surface area contributed by atoms with Gasteiger partial charge in [-0.25, -0.2) is 0 Å². The van der Waals surface area contributed by atoms with Crippen molar-refractivity contribution in [3.05, 3.63) is 0 Å². The highest BCUT2D eigenvalue weighted by atomic mass is 32.2. The molecule has 3 aliphatic rings. The second kappa shape index (κ2) is 6.52. The maximum absolute atomic E-state index is 13.0. The molecule has 0 aromatic carbocycles. The molecule has 1 saturated carbocycles. The molecule has 2 heterocycles. The van der Waals surface area contributed by atoms with E-state index in [9.17, 15) is 8.42 Å². The molecule has 5 nitrogen and oxygen atoms in total. The molecule has 21 heavy (non-hydrogen) atoms. The molecule has 2 unspecified atom stereocenters. The first kappa shape index (κ1) is 15.7. The first-order valence-electron chi connectivity index (χ1n) is 8.57. The number of hydrogen-bond acceptors (Lipinski definition) is 3. The molecular weight excluding hydrogens is 286 g/mol. The largest absolute Gasteiger partial charge is 0.313 e. The molecule has 0 bridgehead atoms. The van der Waals surface area contributed by atoms with Crippen LogP contribution in [0, 0.1) is 5.92 Å². The van der Waals surface area contributed by atoms with E-state index in [0.717, 1.165) is 38.6 Å². The first-order chi connectivity index (χ1) is 10.1. The molecule has 2 saturated heterocycles. The third-order valence-corrected chi connectivity index (χ3v) is 7.03. The molecular formula is C15H29N3O2S. The summed E-state index contributed by atoms with van der Waals surface area (Å²) in [5.74, 6) is 0.488. The lowest BCUT2D eigenvalue weighted by atomic mass is 10.0. The van der Waals surface area contributed by atoms with Gasteiger partial charge in [0.05, 0.1) is 0 Å². The van der Waals surface area contributed by atoms with Gasteiger partial charge in [-0.3, -0.25) is 0 Å². The number of piperidine rings is 2. The lowest BCUT2D eigenvalue weighted by Crippen LogP contribution is -2.53. The Balaban J connectivity index is 1.69. The van der Waals surface area contributed by atoms with E-state index in [0.29, 0.717) is 31.6 Å². The van der Waals surface area contributed by atoms with Crippen molar-refractivity contribution < 1.29 is 8.42 Å². The molecule has 1 aliphatic carbocycles. The lowest BCUT2D eigenvalue weighted by molar-refractivity contribution is 0.242. The van der Waals surface area contributed by atoms with E-state index in [-0.39, 0.29) is 6.04 Å². The van der Waals surface area contributed by atoms with Crippen molar-refractivity contribution >= 4 is 10.2 Å². The van der Waals surface area contributed by atoms with Crippen molar-refractivity contribution in [3.63, 3.8) is 0 Å². The van der Waals surface area contributed by atoms with Crippen molar-refractivity contribution in [2.45, 2.75) is 64.0 Å². The van der Waals surface area contributed by atoms with E-state index >= 15 is 0 Å². The number of rotatable bonds is 5. The van der Waals surface area contributed by atoms with Gasteiger partial charge in [0.1, 0.15) is 0 Å². The summed E-state index contributed by atoms with van der Waals surface area (Å²) in [6.45, 7) is 5.26. The van der Waals surface area contributed by atoms with E-state index in [1.54, 1.807) is 4.31 Å². The highest BCUT2D eigenvalue weighted by Gasteiger charge is 2.42. The van der Waals surface area contributed by atoms with Crippen LogP contribution in [0.5, 0.6) is 0 Å². The third kappa shape index (κ3) is 3.78. The highest BCUT2D eigenvalue weighted by molar-refractivity contribution is 7.86. The second-order valence-electron chi connectivity index (χ2n) is 7.06. The van der Waals surface area contributed by atoms with Crippen LogP contribution in [0.2, 0.25) is 0 Å². The maximum atomic E-state index is 13.0. The average Bonchev–Trinajstić information content (AvgIpc) is 3.30. The summed E-state index contributed by atoms with van der Waals surface area (Å²) in [6, 6.07) is 0.604. The zero-order valence-electron chi connectivity index (χ0n) is 13.1. The van der Waals surface area contributed by atoms with Gasteiger partial charge in [0.25, 0.3) is 10.2 Å². The Morgan fingerprint density at radius 2 is 1.95 bits per heavy atom. The molecule has 3 fully saturated rings. The van der Waals surface area contributed by atoms with Crippen molar-refractivity contribution in [3.8, 4) is 0 Å². The Bertz CT molecular complexity index is 444. The van der Waals surface area contributed by atoms with Crippen molar-refractivity contribution in [1.82, 2.24) is 13.9 Å². The summed E-state index contributed by atoms with van der Waals surface area (Å²) in [5, 5.41) is 3.49. The quantitative estimate of drug-likeness (QED) is 0.838. The molecule has 0 aromatic rings. The molecule has 122 valence electrons. The summed E-state index contributed by atoms with van der Waals surface area (Å²) in [4.78, 5) is 0. The number of nitrogens with one attached hydrogen (secondary N) is 1. The van der Waals surface area contributed by atoms with Gasteiger partial charge in [0, 0.05) is 31.7 Å². The zero-order valence-corrected chi connectivity index (χ0v) is 13.9. The highest BCUT2D eigenvalue weighted by Crippen LogP contribution is 2.32. The van der Waals surface area contributed by atoms with Gasteiger partial charge < -0.3 is 5.32 Å². The number of hydrogen-bond donors (Lipinski definition) is 1. The Morgan fingerprint density at radius 1 is 1.14 bits per heavy atom. The van der Waals surface area contributed by atoms with Crippen LogP contribution in [0.4, 0.5) is 0 Å². The van der Waals surface area contributed by atoms with Crippen LogP contribution in [-0.2, 0) is 10.2 Å². The summed E-state index contributed by atoms with van der Waals surface area (Å²) >= 11 is 0. The van der Waals surface area contributed by atoms with Crippen molar-refractivity contribution in [2.24, 2.45) is 5.92 Å². The minimum absolute atomic E-state index is 0.260. The van der Waals surface area contributed by atoms with E-state index in [1.165, 1.54) is 12.8 Å². The molecule has 6 heteroatoms. The van der Waals surface area contributed by atoms with Crippen LogP contribution in [0.3, 0.4) is 0 Å². The third-order valence-electron chi connectivity index (χ3n) is 5.01. The Hall–Kier alpha value is -0.170. The van der Waals surface area contributed by atoms with Crippen LogP contribution in [0.15, 0.2) is 0 Å². The standard InChI is InChI=1S/C15H29N3O2S/c1-13-5-4-10-17(11-13)21(19,20)18(15-7-8-15)12-14-6-2-3-9-16-14/h13-16H,2-12H2,1H3. The molecule has 0 aromatic heterocycles. The molecule has 2 aliphatic heterocycles. The van der Waals surface area contributed by atoms with Crippen LogP contribution < -0.4 is 5.32 Å². The van der Waals surface area contributed by atoms with E-state index in [2.05, 4.69) is 12.2 Å². The summed E-state index contributed by atoms with van der Waals surface area (Å²) in [7, 11) is -3.27. The minimum Gasteiger partial charge on any atom is -0.313 e. The molecule has 0 spiro atoms. The molecule has 0 radical (unpaired) electrons. The SMILES string of the molecule is CC1CCCN(S(=O)(=O)N(CC2CCCCN2)C2CC2)C1. The monoisotopic (exact) mass is 315 g/mol. The average molecular weight is 315 g/mol. The molecule has 1 N–H and O–H groups in total. The van der Waals surface area contributed by atoms with Crippen LogP contribution in [-0.4, -0.2) is 55.3 Å². The second-order valence-corrected chi connectivity index (χ2v) is 8.94. The first-order valence-corrected chi connectivity index (χ1v) is 9.97. The Kier molecular flexibility index (Phi) is 4.88. The smallest absolute Gasteiger partial charge is 0.282 e. The fourth-order valence-corrected chi connectivity index (χ4v) is 5.65. The normalized spacial score (nSPS) is 32.5. The van der Waals surface area contributed by atoms with Crippen molar-refractivity contribution in [1.29, 1.82) is 0 Å². The van der Waals surface area contributed by atoms with Crippen LogP contribution in [0.1, 0.15) is 51.9 Å². The van der Waals surface area contributed by atoms with Gasteiger partial charge in [-0.1, -0.05) is 13.3 Å².